The smallest absolute Gasteiger partial charge is 0.272 e. The van der Waals surface area contributed by atoms with Crippen molar-refractivity contribution >= 4 is 15.7 Å². The monoisotopic (exact) mass is 423 g/mol. The third-order valence-electron chi connectivity index (χ3n) is 5.15. The van der Waals surface area contributed by atoms with Crippen LogP contribution in [0, 0.1) is 0 Å². The molecule has 1 saturated heterocycles. The van der Waals surface area contributed by atoms with Crippen LogP contribution in [0.15, 0.2) is 60.0 Å². The van der Waals surface area contributed by atoms with Gasteiger partial charge in [0.1, 0.15) is 10.6 Å². The minimum absolute atomic E-state index is 0.0825. The van der Waals surface area contributed by atoms with Crippen LogP contribution >= 0.6 is 0 Å². The van der Waals surface area contributed by atoms with Gasteiger partial charge in [-0.25, -0.2) is 18.4 Å². The predicted molar refractivity (Wildman–Crippen MR) is 110 cm³/mol. The number of likely N-dealkylation sites (tertiary alicyclic amines) is 1. The van der Waals surface area contributed by atoms with E-state index in [1.165, 1.54) is 12.5 Å². The Labute approximate surface area is 175 Å². The van der Waals surface area contributed by atoms with Crippen LogP contribution < -0.4 is 0 Å². The molecule has 0 aliphatic carbocycles. The zero-order chi connectivity index (χ0) is 21.1. The normalized spacial score (nSPS) is 15.2. The van der Waals surface area contributed by atoms with Gasteiger partial charge in [-0.05, 0) is 37.1 Å². The van der Waals surface area contributed by atoms with E-state index in [9.17, 15) is 13.2 Å². The molecule has 4 heterocycles. The van der Waals surface area contributed by atoms with Crippen LogP contribution in [0.4, 0.5) is 0 Å². The van der Waals surface area contributed by atoms with Gasteiger partial charge in [0.15, 0.2) is 15.7 Å². The maximum absolute atomic E-state index is 12.6. The highest BCUT2D eigenvalue weighted by Crippen LogP contribution is 2.32. The quantitative estimate of drug-likeness (QED) is 0.634. The first-order valence-electron chi connectivity index (χ1n) is 9.61. The summed E-state index contributed by atoms with van der Waals surface area (Å²) in [7, 11) is -3.49. The van der Waals surface area contributed by atoms with Gasteiger partial charge in [-0.15, -0.1) is 0 Å². The third-order valence-corrected chi connectivity index (χ3v) is 6.27. The van der Waals surface area contributed by atoms with Crippen LogP contribution in [0.2, 0.25) is 0 Å². The van der Waals surface area contributed by atoms with E-state index in [1.807, 2.05) is 6.07 Å². The molecule has 1 amide bonds. The Morgan fingerprint density at radius 1 is 1.03 bits per heavy atom. The van der Waals surface area contributed by atoms with Gasteiger partial charge in [0.05, 0.1) is 5.69 Å². The molecule has 0 saturated carbocycles. The van der Waals surface area contributed by atoms with Crippen molar-refractivity contribution in [2.45, 2.75) is 23.7 Å². The summed E-state index contributed by atoms with van der Waals surface area (Å²) in [5.74, 6) is 0.245. The van der Waals surface area contributed by atoms with Crippen molar-refractivity contribution in [3.8, 4) is 11.4 Å². The number of pyridine rings is 2. The molecule has 30 heavy (non-hydrogen) atoms. The molecular formula is C21H21N5O3S. The topological polar surface area (TPSA) is 106 Å². The number of carbonyl (C=O) groups is 1. The van der Waals surface area contributed by atoms with E-state index in [0.29, 0.717) is 43.1 Å². The van der Waals surface area contributed by atoms with E-state index in [1.54, 1.807) is 47.8 Å². The molecule has 0 unspecified atom stereocenters. The number of hydrogen-bond donors (Lipinski definition) is 0. The second-order valence-corrected chi connectivity index (χ2v) is 9.22. The minimum atomic E-state index is -3.49. The fourth-order valence-corrected chi connectivity index (χ4v) is 4.44. The highest BCUT2D eigenvalue weighted by Gasteiger charge is 2.30. The summed E-state index contributed by atoms with van der Waals surface area (Å²) in [5, 5.41) is 0. The van der Waals surface area contributed by atoms with Crippen molar-refractivity contribution in [3.05, 3.63) is 66.5 Å². The van der Waals surface area contributed by atoms with Gasteiger partial charge in [-0.1, -0.05) is 6.07 Å². The largest absolute Gasteiger partial charge is 0.337 e. The first-order chi connectivity index (χ1) is 14.4. The Balaban J connectivity index is 1.60. The van der Waals surface area contributed by atoms with Crippen LogP contribution in [0.5, 0.6) is 0 Å². The Morgan fingerprint density at radius 2 is 1.83 bits per heavy atom. The van der Waals surface area contributed by atoms with Crippen molar-refractivity contribution in [1.29, 1.82) is 0 Å². The summed E-state index contributed by atoms with van der Waals surface area (Å²) < 4.78 is 24.7. The van der Waals surface area contributed by atoms with Gasteiger partial charge in [-0.2, -0.15) is 0 Å². The predicted octanol–water partition coefficient (Wildman–Crippen LogP) is 2.36. The molecule has 1 fully saturated rings. The molecule has 9 heteroatoms. The summed E-state index contributed by atoms with van der Waals surface area (Å²) >= 11 is 0. The molecule has 0 spiro atoms. The number of rotatable bonds is 4. The van der Waals surface area contributed by atoms with E-state index in [4.69, 9.17) is 0 Å². The number of aromatic nitrogens is 4. The Hall–Kier alpha value is -3.20. The molecule has 1 aliphatic heterocycles. The molecule has 0 radical (unpaired) electrons. The van der Waals surface area contributed by atoms with Crippen LogP contribution in [0.25, 0.3) is 11.4 Å². The lowest BCUT2D eigenvalue weighted by Crippen LogP contribution is -2.38. The molecule has 0 atom stereocenters. The average Bonchev–Trinajstić information content (AvgIpc) is 2.79. The molecule has 4 rings (SSSR count). The Bertz CT molecular complexity index is 1150. The second-order valence-electron chi connectivity index (χ2n) is 7.24. The Morgan fingerprint density at radius 3 is 2.47 bits per heavy atom. The lowest BCUT2D eigenvalue weighted by Gasteiger charge is -2.32. The van der Waals surface area contributed by atoms with Crippen LogP contribution in [0.1, 0.15) is 34.9 Å². The molecule has 0 bridgehead atoms. The van der Waals surface area contributed by atoms with Gasteiger partial charge in [-0.3, -0.25) is 14.8 Å². The number of sulfone groups is 1. The summed E-state index contributed by atoms with van der Waals surface area (Å²) in [6.45, 7) is 1.02. The van der Waals surface area contributed by atoms with E-state index in [-0.39, 0.29) is 16.7 Å². The first-order valence-corrected chi connectivity index (χ1v) is 11.5. The van der Waals surface area contributed by atoms with Crippen LogP contribution in [-0.4, -0.2) is 58.5 Å². The Kier molecular flexibility index (Phi) is 5.54. The van der Waals surface area contributed by atoms with Gasteiger partial charge in [0, 0.05) is 55.6 Å². The zero-order valence-corrected chi connectivity index (χ0v) is 17.3. The number of piperidine rings is 1. The van der Waals surface area contributed by atoms with Gasteiger partial charge >= 0.3 is 0 Å². The van der Waals surface area contributed by atoms with E-state index in [2.05, 4.69) is 19.9 Å². The van der Waals surface area contributed by atoms with Crippen molar-refractivity contribution in [2.75, 3.05) is 19.3 Å². The molecule has 154 valence electrons. The summed E-state index contributed by atoms with van der Waals surface area (Å²) in [5.41, 5.74) is 1.64. The molecule has 3 aromatic heterocycles. The molecule has 8 nitrogen and oxygen atoms in total. The van der Waals surface area contributed by atoms with Gasteiger partial charge in [0.25, 0.3) is 5.91 Å². The molecule has 0 aromatic carbocycles. The summed E-state index contributed by atoms with van der Waals surface area (Å²) in [6, 6.07) is 8.86. The molecule has 0 N–H and O–H groups in total. The van der Waals surface area contributed by atoms with Crippen LogP contribution in [0.3, 0.4) is 0 Å². The third kappa shape index (κ3) is 4.20. The van der Waals surface area contributed by atoms with Gasteiger partial charge in [0.2, 0.25) is 0 Å². The van der Waals surface area contributed by atoms with Crippen molar-refractivity contribution < 1.29 is 13.2 Å². The average molecular weight is 423 g/mol. The summed E-state index contributed by atoms with van der Waals surface area (Å²) in [4.78, 5) is 31.6. The maximum Gasteiger partial charge on any atom is 0.272 e. The zero-order valence-electron chi connectivity index (χ0n) is 16.5. The highest BCUT2D eigenvalue weighted by atomic mass is 32.2. The fraction of sp³-hybridized carbons (Fsp3) is 0.286. The maximum atomic E-state index is 12.6. The highest BCUT2D eigenvalue weighted by molar-refractivity contribution is 7.90. The van der Waals surface area contributed by atoms with E-state index >= 15 is 0 Å². The van der Waals surface area contributed by atoms with Crippen molar-refractivity contribution in [3.63, 3.8) is 0 Å². The number of carbonyl (C=O) groups excluding carboxylic acids is 1. The van der Waals surface area contributed by atoms with Crippen LogP contribution in [-0.2, 0) is 9.84 Å². The molecule has 1 aliphatic rings. The van der Waals surface area contributed by atoms with E-state index < -0.39 is 9.84 Å². The minimum Gasteiger partial charge on any atom is -0.337 e. The summed E-state index contributed by atoms with van der Waals surface area (Å²) in [6.07, 6.45) is 8.68. The van der Waals surface area contributed by atoms with Gasteiger partial charge < -0.3 is 4.90 Å². The number of amides is 1. The standard InChI is InChI=1S/C21H21N5O3S/c1-30(28,29)18-14-24-20(16-5-4-9-22-13-16)25-19(18)15-7-11-26(12-8-15)21(27)17-6-2-3-10-23-17/h2-6,9-10,13-15H,7-8,11-12H2,1H3. The first kappa shape index (κ1) is 20.1. The number of nitrogens with zero attached hydrogens (tertiary/aromatic N) is 5. The van der Waals surface area contributed by atoms with Crippen molar-refractivity contribution in [2.24, 2.45) is 0 Å². The SMILES string of the molecule is CS(=O)(=O)c1cnc(-c2cccnc2)nc1C1CCN(C(=O)c2ccccn2)CC1. The lowest BCUT2D eigenvalue weighted by atomic mass is 9.93. The van der Waals surface area contributed by atoms with Crippen molar-refractivity contribution in [1.82, 2.24) is 24.8 Å². The fourth-order valence-electron chi connectivity index (χ4n) is 3.60. The molecule has 3 aromatic rings. The molecular weight excluding hydrogens is 402 g/mol. The van der Waals surface area contributed by atoms with E-state index in [0.717, 1.165) is 5.56 Å². The lowest BCUT2D eigenvalue weighted by molar-refractivity contribution is 0.0705. The number of hydrogen-bond acceptors (Lipinski definition) is 7. The second kappa shape index (κ2) is 8.27.